The Kier molecular flexibility index (Phi) is 8.28. The van der Waals surface area contributed by atoms with Crippen LogP contribution in [0, 0.1) is 11.1 Å². The number of quaternary nitrogens is 1. The minimum Gasteiger partial charge on any atom is -0.595 e. The Balaban J connectivity index is 1.45. The Morgan fingerprint density at radius 2 is 2.03 bits per heavy atom. The predicted molar refractivity (Wildman–Crippen MR) is 117 cm³/mol. The van der Waals surface area contributed by atoms with Crippen LogP contribution in [0.1, 0.15) is 43.7 Å². The van der Waals surface area contributed by atoms with E-state index in [1.165, 1.54) is 0 Å². The molecule has 168 valence electrons. The Labute approximate surface area is 183 Å². The summed E-state index contributed by atoms with van der Waals surface area (Å²) in [6.07, 6.45) is 4.24. The number of piperidine rings is 1. The number of nitrogens with zero attached hydrogens (tertiary/aromatic N) is 1. The molecular formula is C24H32N2O5. The smallest absolute Gasteiger partial charge is 0.410 e. The highest BCUT2D eigenvalue weighted by molar-refractivity contribution is 5.68. The maximum absolute atomic E-state index is 12.5. The molecule has 3 atom stereocenters. The van der Waals surface area contributed by atoms with Crippen molar-refractivity contribution in [2.24, 2.45) is 5.92 Å². The molecule has 2 N–H and O–H groups in total. The molecule has 3 rings (SSSR count). The summed E-state index contributed by atoms with van der Waals surface area (Å²) < 4.78 is 10.7. The monoisotopic (exact) mass is 428 g/mol. The number of amides is 1. The molecule has 0 aliphatic carbocycles. The van der Waals surface area contributed by atoms with Crippen LogP contribution < -0.4 is 9.96 Å². The zero-order valence-corrected chi connectivity index (χ0v) is 18.3. The summed E-state index contributed by atoms with van der Waals surface area (Å²) >= 11 is 0. The standard InChI is InChI=1S/C24H32N2O5/c1-18-15-19(9-6-10-21-16-22(30-2)11-12-23(21)26(28)29)13-14-25(18)24(27)31-17-20-7-4-3-5-8-20/h3-5,7-8,11-12,16,18-19,26,28H,6,9-10,13-15,17H2,1-2H3. The van der Waals surface area contributed by atoms with Crippen LogP contribution in [0.15, 0.2) is 48.5 Å². The molecule has 0 bridgehead atoms. The number of ether oxygens (including phenoxy) is 2. The van der Waals surface area contributed by atoms with Gasteiger partial charge in [-0.2, -0.15) is 5.23 Å². The van der Waals surface area contributed by atoms with Crippen LogP contribution in [0.3, 0.4) is 0 Å². The zero-order chi connectivity index (χ0) is 22.2. The van der Waals surface area contributed by atoms with E-state index in [0.29, 0.717) is 36.9 Å². The molecule has 1 fully saturated rings. The van der Waals surface area contributed by atoms with Crippen LogP contribution in [-0.2, 0) is 17.8 Å². The first-order chi connectivity index (χ1) is 15.0. The second-order valence-electron chi connectivity index (χ2n) is 8.19. The van der Waals surface area contributed by atoms with Crippen molar-refractivity contribution in [3.8, 4) is 5.75 Å². The van der Waals surface area contributed by atoms with E-state index in [0.717, 1.165) is 36.8 Å². The van der Waals surface area contributed by atoms with Gasteiger partial charge in [0.2, 0.25) is 0 Å². The van der Waals surface area contributed by atoms with Gasteiger partial charge in [-0.15, -0.1) is 0 Å². The van der Waals surface area contributed by atoms with Crippen molar-refractivity contribution >= 4 is 11.8 Å². The Morgan fingerprint density at radius 3 is 2.71 bits per heavy atom. The zero-order valence-electron chi connectivity index (χ0n) is 18.3. The molecule has 0 radical (unpaired) electrons. The quantitative estimate of drug-likeness (QED) is 0.624. The summed E-state index contributed by atoms with van der Waals surface area (Å²) in [5.41, 5.74) is 2.13. The normalized spacial score (nSPS) is 19.7. The lowest BCUT2D eigenvalue weighted by Crippen LogP contribution is -2.99. The lowest BCUT2D eigenvalue weighted by molar-refractivity contribution is -0.991. The van der Waals surface area contributed by atoms with E-state index < -0.39 is 5.23 Å². The van der Waals surface area contributed by atoms with Gasteiger partial charge in [-0.3, -0.25) is 0 Å². The van der Waals surface area contributed by atoms with E-state index >= 15 is 0 Å². The van der Waals surface area contributed by atoms with E-state index in [1.54, 1.807) is 19.2 Å². The first-order valence-electron chi connectivity index (χ1n) is 10.9. The maximum Gasteiger partial charge on any atom is 0.410 e. The van der Waals surface area contributed by atoms with Crippen molar-refractivity contribution < 1.29 is 24.7 Å². The second kappa shape index (κ2) is 11.1. The Hall–Kier alpha value is -2.61. The van der Waals surface area contributed by atoms with Gasteiger partial charge in [0.15, 0.2) is 5.69 Å². The van der Waals surface area contributed by atoms with E-state index in [9.17, 15) is 15.2 Å². The van der Waals surface area contributed by atoms with Crippen molar-refractivity contribution in [3.05, 3.63) is 64.9 Å². The molecule has 1 heterocycles. The van der Waals surface area contributed by atoms with Gasteiger partial charge in [-0.05, 0) is 62.6 Å². The Bertz CT molecular complexity index is 843. The average Bonchev–Trinajstić information content (AvgIpc) is 2.78. The predicted octanol–water partition coefficient (Wildman–Crippen LogP) is 3.86. The van der Waals surface area contributed by atoms with Gasteiger partial charge in [0.25, 0.3) is 0 Å². The van der Waals surface area contributed by atoms with Gasteiger partial charge in [0.05, 0.1) is 7.11 Å². The summed E-state index contributed by atoms with van der Waals surface area (Å²) in [6, 6.07) is 14.9. The number of hydrogen-bond acceptors (Lipinski definition) is 5. The molecule has 2 aromatic carbocycles. The van der Waals surface area contributed by atoms with Gasteiger partial charge in [0.1, 0.15) is 12.4 Å². The fourth-order valence-corrected chi connectivity index (χ4v) is 4.30. The minimum absolute atomic E-state index is 0.133. The number of nitrogens with one attached hydrogen (secondary N) is 1. The number of carbonyl (C=O) groups excluding carboxylic acids is 1. The number of methoxy groups -OCH3 is 1. The fourth-order valence-electron chi connectivity index (χ4n) is 4.30. The van der Waals surface area contributed by atoms with Crippen LogP contribution in [0.25, 0.3) is 0 Å². The third-order valence-electron chi connectivity index (χ3n) is 6.03. The van der Waals surface area contributed by atoms with Gasteiger partial charge in [-0.25, -0.2) is 10.0 Å². The largest absolute Gasteiger partial charge is 0.595 e. The van der Waals surface area contributed by atoms with Crippen LogP contribution in [0.4, 0.5) is 10.5 Å². The molecule has 1 saturated heterocycles. The van der Waals surface area contributed by atoms with Gasteiger partial charge in [0, 0.05) is 24.2 Å². The van der Waals surface area contributed by atoms with Gasteiger partial charge < -0.3 is 19.6 Å². The molecule has 0 saturated carbocycles. The first kappa shape index (κ1) is 23.1. The number of hydrogen-bond donors (Lipinski definition) is 2. The van der Waals surface area contributed by atoms with Crippen LogP contribution >= 0.6 is 0 Å². The third kappa shape index (κ3) is 6.43. The molecule has 1 aliphatic heterocycles. The molecule has 0 aromatic heterocycles. The number of aryl methyl sites for hydroxylation is 1. The average molecular weight is 429 g/mol. The van der Waals surface area contributed by atoms with Crippen molar-refractivity contribution in [1.29, 1.82) is 0 Å². The van der Waals surface area contributed by atoms with Crippen molar-refractivity contribution in [2.75, 3.05) is 13.7 Å². The third-order valence-corrected chi connectivity index (χ3v) is 6.03. The molecule has 2 aromatic rings. The van der Waals surface area contributed by atoms with E-state index in [1.807, 2.05) is 41.3 Å². The lowest BCUT2D eigenvalue weighted by atomic mass is 9.87. The number of rotatable bonds is 8. The summed E-state index contributed by atoms with van der Waals surface area (Å²) in [5.74, 6) is 1.20. The number of likely N-dealkylation sites (tertiary alicyclic amines) is 1. The van der Waals surface area contributed by atoms with Crippen molar-refractivity contribution in [3.63, 3.8) is 0 Å². The highest BCUT2D eigenvalue weighted by atomic mass is 16.8. The minimum atomic E-state index is -0.909. The summed E-state index contributed by atoms with van der Waals surface area (Å²) in [7, 11) is 1.58. The first-order valence-corrected chi connectivity index (χ1v) is 10.9. The highest BCUT2D eigenvalue weighted by Crippen LogP contribution is 2.29. The maximum atomic E-state index is 12.5. The summed E-state index contributed by atoms with van der Waals surface area (Å²) in [6.45, 7) is 3.05. The molecule has 0 spiro atoms. The molecule has 3 unspecified atom stereocenters. The van der Waals surface area contributed by atoms with Crippen molar-refractivity contribution in [1.82, 2.24) is 4.90 Å². The molecular weight excluding hydrogens is 396 g/mol. The molecule has 7 nitrogen and oxygen atoms in total. The summed E-state index contributed by atoms with van der Waals surface area (Å²) in [5, 5.41) is 20.0. The fraction of sp³-hybridized carbons (Fsp3) is 0.458. The second-order valence-corrected chi connectivity index (χ2v) is 8.19. The number of benzene rings is 2. The molecule has 1 aliphatic rings. The topological polar surface area (TPSA) is 86.5 Å². The van der Waals surface area contributed by atoms with E-state index in [-0.39, 0.29) is 12.1 Å². The van der Waals surface area contributed by atoms with E-state index in [4.69, 9.17) is 9.47 Å². The van der Waals surface area contributed by atoms with Gasteiger partial charge >= 0.3 is 6.09 Å². The van der Waals surface area contributed by atoms with Crippen LogP contribution in [-0.4, -0.2) is 35.9 Å². The highest BCUT2D eigenvalue weighted by Gasteiger charge is 2.29. The van der Waals surface area contributed by atoms with E-state index in [2.05, 4.69) is 6.92 Å². The van der Waals surface area contributed by atoms with Gasteiger partial charge in [-0.1, -0.05) is 30.3 Å². The lowest BCUT2D eigenvalue weighted by Gasteiger charge is -2.37. The SMILES string of the molecule is COc1ccc([NH+]([O-])O)c(CCCC2CCN(C(=O)OCc3ccccc3)C(C)C2)c1. The summed E-state index contributed by atoms with van der Waals surface area (Å²) in [4.78, 5) is 14.3. The Morgan fingerprint density at radius 1 is 1.26 bits per heavy atom. The number of carbonyl (C=O) groups is 1. The van der Waals surface area contributed by atoms with Crippen LogP contribution in [0.5, 0.6) is 5.75 Å². The van der Waals surface area contributed by atoms with Crippen molar-refractivity contribution in [2.45, 2.75) is 51.7 Å². The molecule has 1 amide bonds. The van der Waals surface area contributed by atoms with Crippen LogP contribution in [0.2, 0.25) is 0 Å². The molecule has 7 heteroatoms. The molecule has 31 heavy (non-hydrogen) atoms.